The second kappa shape index (κ2) is 8.89. The number of benzene rings is 2. The molecule has 0 aromatic heterocycles. The van der Waals surface area contributed by atoms with Crippen LogP contribution in [0.5, 0.6) is 23.0 Å². The summed E-state index contributed by atoms with van der Waals surface area (Å²) in [5.74, 6) is -1.62. The number of hydrogen-bond acceptors (Lipinski definition) is 6. The molecule has 0 saturated carbocycles. The fraction of sp³-hybridized carbons (Fsp3) is 0.238. The second-order valence-corrected chi connectivity index (χ2v) is 5.66. The van der Waals surface area contributed by atoms with Crippen LogP contribution in [0.3, 0.4) is 0 Å². The summed E-state index contributed by atoms with van der Waals surface area (Å²) in [7, 11) is 0. The third kappa shape index (κ3) is 4.47. The van der Waals surface area contributed by atoms with E-state index in [1.165, 1.54) is 13.0 Å². The van der Waals surface area contributed by atoms with Crippen molar-refractivity contribution < 1.29 is 28.9 Å². The highest BCUT2D eigenvalue weighted by Crippen LogP contribution is 2.47. The highest BCUT2D eigenvalue weighted by atomic mass is 16.6. The van der Waals surface area contributed by atoms with Crippen molar-refractivity contribution in [2.45, 2.75) is 20.8 Å². The van der Waals surface area contributed by atoms with Crippen molar-refractivity contribution in [1.82, 2.24) is 0 Å². The topological polar surface area (TPSA) is 82.1 Å². The summed E-state index contributed by atoms with van der Waals surface area (Å²) in [6.07, 6.45) is 0. The first-order chi connectivity index (χ1) is 12.9. The molecule has 0 fully saturated rings. The van der Waals surface area contributed by atoms with Gasteiger partial charge in [0, 0.05) is 11.1 Å². The number of aromatic hydroxyl groups is 1. The molecule has 0 amide bonds. The highest BCUT2D eigenvalue weighted by molar-refractivity contribution is 6.11. The predicted octanol–water partition coefficient (Wildman–Crippen LogP) is 3.90. The van der Waals surface area contributed by atoms with Gasteiger partial charge in [0.25, 0.3) is 0 Å². The summed E-state index contributed by atoms with van der Waals surface area (Å²) >= 11 is 0. The Bertz CT molecular complexity index is 855. The minimum Gasteiger partial charge on any atom is -0.504 e. The molecule has 0 aliphatic rings. The number of carbonyl (C=O) groups excluding carboxylic acids is 2. The third-order valence-corrected chi connectivity index (χ3v) is 3.59. The summed E-state index contributed by atoms with van der Waals surface area (Å²) in [5.41, 5.74) is 0.552. The number of phenols is 1. The van der Waals surface area contributed by atoms with Crippen LogP contribution in [0.15, 0.2) is 48.6 Å². The number of carbonyl (C=O) groups is 2. The summed E-state index contributed by atoms with van der Waals surface area (Å²) < 4.78 is 16.3. The Morgan fingerprint density at radius 2 is 1.67 bits per heavy atom. The fourth-order valence-corrected chi connectivity index (χ4v) is 2.34. The molecule has 0 aliphatic carbocycles. The summed E-state index contributed by atoms with van der Waals surface area (Å²) in [6.45, 7) is 8.92. The van der Waals surface area contributed by atoms with Gasteiger partial charge in [-0.05, 0) is 26.8 Å². The minimum atomic E-state index is -0.696. The minimum absolute atomic E-state index is 0.0109. The van der Waals surface area contributed by atoms with Gasteiger partial charge < -0.3 is 19.3 Å². The molecule has 2 aromatic rings. The number of ketones is 1. The van der Waals surface area contributed by atoms with Gasteiger partial charge in [-0.2, -0.15) is 0 Å². The molecule has 0 heterocycles. The number of ether oxygens (including phenoxy) is 3. The van der Waals surface area contributed by atoms with Gasteiger partial charge in [0.2, 0.25) is 11.5 Å². The van der Waals surface area contributed by atoms with E-state index in [-0.39, 0.29) is 41.6 Å². The molecule has 0 unspecified atom stereocenters. The van der Waals surface area contributed by atoms with Crippen LogP contribution in [0, 0.1) is 0 Å². The first kappa shape index (κ1) is 20.0. The van der Waals surface area contributed by atoms with Crippen molar-refractivity contribution in [3.05, 3.63) is 59.7 Å². The van der Waals surface area contributed by atoms with Crippen molar-refractivity contribution in [1.29, 1.82) is 0 Å². The molecular weight excluding hydrogens is 348 g/mol. The zero-order valence-electron chi connectivity index (χ0n) is 15.6. The SMILES string of the molecule is C=C(C)C(=O)Oc1c(OCC)cc(C(=O)c2ccccc2)c(O)c1OCC. The van der Waals surface area contributed by atoms with Gasteiger partial charge in [-0.15, -0.1) is 0 Å². The summed E-state index contributed by atoms with van der Waals surface area (Å²) in [4.78, 5) is 24.8. The lowest BCUT2D eigenvalue weighted by Gasteiger charge is -2.18. The molecule has 0 atom stereocenters. The van der Waals surface area contributed by atoms with Crippen molar-refractivity contribution in [2.75, 3.05) is 13.2 Å². The Kier molecular flexibility index (Phi) is 6.60. The van der Waals surface area contributed by atoms with Gasteiger partial charge in [-0.1, -0.05) is 36.9 Å². The van der Waals surface area contributed by atoms with Crippen LogP contribution in [0.2, 0.25) is 0 Å². The molecule has 2 rings (SSSR count). The average Bonchev–Trinajstić information content (AvgIpc) is 2.66. The number of hydrogen-bond donors (Lipinski definition) is 1. The van der Waals surface area contributed by atoms with Crippen LogP contribution in [-0.2, 0) is 4.79 Å². The van der Waals surface area contributed by atoms with E-state index >= 15 is 0 Å². The van der Waals surface area contributed by atoms with Crippen LogP contribution in [0.25, 0.3) is 0 Å². The Balaban J connectivity index is 2.64. The van der Waals surface area contributed by atoms with E-state index in [9.17, 15) is 14.7 Å². The van der Waals surface area contributed by atoms with E-state index in [0.29, 0.717) is 5.56 Å². The van der Waals surface area contributed by atoms with E-state index in [1.54, 1.807) is 44.2 Å². The Labute approximate surface area is 158 Å². The quantitative estimate of drug-likeness (QED) is 0.328. The standard InChI is InChI=1S/C21H22O6/c1-5-25-16-12-15(17(22)14-10-8-7-9-11-14)18(23)20(26-6-2)19(16)27-21(24)13(3)4/h7-12,23H,3,5-6H2,1-2,4H3. The zero-order chi connectivity index (χ0) is 20.0. The number of esters is 1. The predicted molar refractivity (Wildman–Crippen MR) is 101 cm³/mol. The van der Waals surface area contributed by atoms with Crippen molar-refractivity contribution in [3.63, 3.8) is 0 Å². The Morgan fingerprint density at radius 3 is 2.22 bits per heavy atom. The molecule has 1 N–H and O–H groups in total. The number of phenolic OH excluding ortho intramolecular Hbond substituents is 1. The molecule has 2 aromatic carbocycles. The molecule has 6 nitrogen and oxygen atoms in total. The maximum absolute atomic E-state index is 12.8. The summed E-state index contributed by atoms with van der Waals surface area (Å²) in [5, 5.41) is 10.7. The molecule has 142 valence electrons. The molecule has 6 heteroatoms. The zero-order valence-corrected chi connectivity index (χ0v) is 15.6. The van der Waals surface area contributed by atoms with Crippen LogP contribution in [0.1, 0.15) is 36.7 Å². The van der Waals surface area contributed by atoms with Gasteiger partial charge in [0.1, 0.15) is 0 Å². The largest absolute Gasteiger partial charge is 0.504 e. The second-order valence-electron chi connectivity index (χ2n) is 5.66. The van der Waals surface area contributed by atoms with Gasteiger partial charge in [0.15, 0.2) is 17.3 Å². The smallest absolute Gasteiger partial charge is 0.338 e. The van der Waals surface area contributed by atoms with E-state index in [0.717, 1.165) is 0 Å². The van der Waals surface area contributed by atoms with Crippen molar-refractivity contribution in [3.8, 4) is 23.0 Å². The number of rotatable bonds is 8. The average molecular weight is 370 g/mol. The van der Waals surface area contributed by atoms with Gasteiger partial charge in [0.05, 0.1) is 18.8 Å². The van der Waals surface area contributed by atoms with E-state index in [1.807, 2.05) is 0 Å². The van der Waals surface area contributed by atoms with Gasteiger partial charge in [-0.3, -0.25) is 4.79 Å². The molecule has 0 radical (unpaired) electrons. The van der Waals surface area contributed by atoms with Crippen LogP contribution in [0.4, 0.5) is 0 Å². The lowest BCUT2D eigenvalue weighted by atomic mass is 10.0. The van der Waals surface area contributed by atoms with Gasteiger partial charge >= 0.3 is 5.97 Å². The van der Waals surface area contributed by atoms with Crippen molar-refractivity contribution >= 4 is 11.8 Å². The van der Waals surface area contributed by atoms with Gasteiger partial charge in [-0.25, -0.2) is 4.79 Å². The van der Waals surface area contributed by atoms with Crippen LogP contribution >= 0.6 is 0 Å². The monoisotopic (exact) mass is 370 g/mol. The Morgan fingerprint density at radius 1 is 1.04 bits per heavy atom. The van der Waals surface area contributed by atoms with E-state index < -0.39 is 17.5 Å². The first-order valence-corrected chi connectivity index (χ1v) is 8.53. The van der Waals surface area contributed by atoms with Crippen LogP contribution in [-0.4, -0.2) is 30.1 Å². The summed E-state index contributed by atoms with van der Waals surface area (Å²) in [6, 6.07) is 9.85. The van der Waals surface area contributed by atoms with E-state index in [2.05, 4.69) is 6.58 Å². The molecule has 0 aliphatic heterocycles. The maximum atomic E-state index is 12.8. The maximum Gasteiger partial charge on any atom is 0.338 e. The fourth-order valence-electron chi connectivity index (χ4n) is 2.34. The Hall–Kier alpha value is -3.28. The molecule has 0 saturated heterocycles. The first-order valence-electron chi connectivity index (χ1n) is 8.53. The normalized spacial score (nSPS) is 10.2. The molecule has 0 spiro atoms. The van der Waals surface area contributed by atoms with Crippen LogP contribution < -0.4 is 14.2 Å². The highest BCUT2D eigenvalue weighted by Gasteiger charge is 2.27. The molecular formula is C21H22O6. The lowest BCUT2D eigenvalue weighted by molar-refractivity contribution is -0.130. The lowest BCUT2D eigenvalue weighted by Crippen LogP contribution is -2.12. The van der Waals surface area contributed by atoms with Crippen molar-refractivity contribution in [2.24, 2.45) is 0 Å². The van der Waals surface area contributed by atoms with E-state index in [4.69, 9.17) is 14.2 Å². The third-order valence-electron chi connectivity index (χ3n) is 3.59. The molecule has 0 bridgehead atoms. The molecule has 27 heavy (non-hydrogen) atoms.